The van der Waals surface area contributed by atoms with Crippen molar-refractivity contribution >= 4 is 5.91 Å². The van der Waals surface area contributed by atoms with Crippen LogP contribution in [0, 0.1) is 5.82 Å². The van der Waals surface area contributed by atoms with E-state index in [1.807, 2.05) is 36.9 Å². The molecule has 0 spiro atoms. The Morgan fingerprint density at radius 3 is 2.19 bits per heavy atom. The second kappa shape index (κ2) is 11.8. The first-order valence-corrected chi connectivity index (χ1v) is 13.1. The molecule has 3 atom stereocenters. The molecule has 36 heavy (non-hydrogen) atoms. The number of piperazine rings is 1. The maximum absolute atomic E-state index is 13.8. The Labute approximate surface area is 215 Å². The van der Waals surface area contributed by atoms with Crippen molar-refractivity contribution in [2.45, 2.75) is 52.4 Å². The fourth-order valence-corrected chi connectivity index (χ4v) is 5.39. The summed E-state index contributed by atoms with van der Waals surface area (Å²) in [6.45, 7) is 12.5. The van der Waals surface area contributed by atoms with Gasteiger partial charge in [-0.25, -0.2) is 4.39 Å². The molecule has 4 nitrogen and oxygen atoms in total. The number of hydrogen-bond donors (Lipinski definition) is 0. The maximum Gasteiger partial charge on any atom is 0.253 e. The van der Waals surface area contributed by atoms with Crippen LogP contribution in [0.2, 0.25) is 0 Å². The van der Waals surface area contributed by atoms with Gasteiger partial charge in [0.15, 0.2) is 0 Å². The minimum absolute atomic E-state index is 0.0794. The molecule has 1 aliphatic rings. The van der Waals surface area contributed by atoms with E-state index in [4.69, 9.17) is 0 Å². The third-order valence-electron chi connectivity index (χ3n) is 7.41. The van der Waals surface area contributed by atoms with Gasteiger partial charge in [-0.2, -0.15) is 0 Å². The molecule has 3 aromatic rings. The number of nitrogens with zero attached hydrogens (tertiary/aromatic N) is 3. The zero-order valence-corrected chi connectivity index (χ0v) is 21.9. The molecule has 0 radical (unpaired) electrons. The van der Waals surface area contributed by atoms with E-state index in [0.29, 0.717) is 25.2 Å². The van der Waals surface area contributed by atoms with Gasteiger partial charge >= 0.3 is 0 Å². The molecule has 5 heteroatoms. The Morgan fingerprint density at radius 1 is 0.889 bits per heavy atom. The van der Waals surface area contributed by atoms with Gasteiger partial charge in [0.25, 0.3) is 5.91 Å². The predicted molar refractivity (Wildman–Crippen MR) is 144 cm³/mol. The Kier molecular flexibility index (Phi) is 8.55. The maximum atomic E-state index is 13.8. The molecule has 2 unspecified atom stereocenters. The monoisotopic (exact) mass is 487 g/mol. The lowest BCUT2D eigenvalue weighted by Gasteiger charge is -2.47. The van der Waals surface area contributed by atoms with Crippen LogP contribution < -0.4 is 0 Å². The van der Waals surface area contributed by atoms with Gasteiger partial charge in [0.05, 0.1) is 6.04 Å². The molecule has 0 bridgehead atoms. The molecule has 1 heterocycles. The van der Waals surface area contributed by atoms with Crippen molar-refractivity contribution < 1.29 is 9.18 Å². The summed E-state index contributed by atoms with van der Waals surface area (Å²) < 4.78 is 13.8. The molecule has 4 rings (SSSR count). The number of rotatable bonds is 8. The highest BCUT2D eigenvalue weighted by atomic mass is 19.1. The molecule has 190 valence electrons. The van der Waals surface area contributed by atoms with E-state index in [1.54, 1.807) is 12.1 Å². The lowest BCUT2D eigenvalue weighted by atomic mass is 9.92. The van der Waals surface area contributed by atoms with Crippen molar-refractivity contribution in [1.29, 1.82) is 0 Å². The summed E-state index contributed by atoms with van der Waals surface area (Å²) in [5.41, 5.74) is 4.18. The third kappa shape index (κ3) is 5.85. The quantitative estimate of drug-likeness (QED) is 0.390. The summed E-state index contributed by atoms with van der Waals surface area (Å²) in [6, 6.07) is 26.4. The normalized spacial score (nSPS) is 19.7. The molecular weight excluding hydrogens is 449 g/mol. The number of carbonyl (C=O) groups excluding carboxylic acids is 1. The Balaban J connectivity index is 1.58. The first kappa shape index (κ1) is 26.1. The van der Waals surface area contributed by atoms with Crippen LogP contribution in [0.15, 0.2) is 78.9 Å². The summed E-state index contributed by atoms with van der Waals surface area (Å²) in [5.74, 6) is -0.102. The van der Waals surface area contributed by atoms with Crippen LogP contribution in [0.3, 0.4) is 0 Å². The summed E-state index contributed by atoms with van der Waals surface area (Å²) in [4.78, 5) is 19.7. The Morgan fingerprint density at radius 2 is 1.56 bits per heavy atom. The molecule has 0 aliphatic carbocycles. The molecule has 1 aliphatic heterocycles. The molecule has 0 saturated carbocycles. The lowest BCUT2D eigenvalue weighted by Crippen LogP contribution is -2.56. The SMILES string of the molecule is CCN(CC)C(=O)c1ccc(C(c2ccccc2)N2C[C@H](C)N(Cc3cccc(F)c3)CC2C)cc1. The van der Waals surface area contributed by atoms with Gasteiger partial charge < -0.3 is 4.90 Å². The molecule has 3 aromatic carbocycles. The van der Waals surface area contributed by atoms with Crippen LogP contribution in [0.4, 0.5) is 4.39 Å². The number of hydrogen-bond acceptors (Lipinski definition) is 3. The van der Waals surface area contributed by atoms with E-state index < -0.39 is 0 Å². The highest BCUT2D eigenvalue weighted by Crippen LogP contribution is 2.34. The van der Waals surface area contributed by atoms with E-state index >= 15 is 0 Å². The molecule has 1 saturated heterocycles. The van der Waals surface area contributed by atoms with E-state index in [0.717, 1.165) is 30.8 Å². The van der Waals surface area contributed by atoms with Crippen molar-refractivity contribution in [2.75, 3.05) is 26.2 Å². The van der Waals surface area contributed by atoms with Crippen molar-refractivity contribution in [1.82, 2.24) is 14.7 Å². The van der Waals surface area contributed by atoms with Crippen LogP contribution in [0.1, 0.15) is 60.8 Å². The first-order valence-electron chi connectivity index (χ1n) is 13.1. The fraction of sp³-hybridized carbons (Fsp3) is 0.387. The Hall–Kier alpha value is -3.02. The van der Waals surface area contributed by atoms with Crippen LogP contribution in [0.25, 0.3) is 0 Å². The smallest absolute Gasteiger partial charge is 0.253 e. The zero-order valence-electron chi connectivity index (χ0n) is 21.9. The van der Waals surface area contributed by atoms with Crippen LogP contribution >= 0.6 is 0 Å². The van der Waals surface area contributed by atoms with Crippen LogP contribution in [-0.2, 0) is 6.54 Å². The summed E-state index contributed by atoms with van der Waals surface area (Å²) in [6.07, 6.45) is 0. The number of carbonyl (C=O) groups is 1. The van der Waals surface area contributed by atoms with Gasteiger partial charge in [0.2, 0.25) is 0 Å². The molecular formula is C31H38FN3O. The summed E-state index contributed by atoms with van der Waals surface area (Å²) in [5, 5.41) is 0. The van der Waals surface area contributed by atoms with Crippen molar-refractivity contribution in [3.05, 3.63) is 107 Å². The van der Waals surface area contributed by atoms with E-state index in [-0.39, 0.29) is 17.8 Å². The van der Waals surface area contributed by atoms with Gasteiger partial charge in [0.1, 0.15) is 5.82 Å². The highest BCUT2D eigenvalue weighted by molar-refractivity contribution is 5.94. The minimum atomic E-state index is -0.182. The molecule has 1 fully saturated rings. The third-order valence-corrected chi connectivity index (χ3v) is 7.41. The minimum Gasteiger partial charge on any atom is -0.339 e. The predicted octanol–water partition coefficient (Wildman–Crippen LogP) is 5.99. The van der Waals surface area contributed by atoms with Crippen molar-refractivity contribution in [3.8, 4) is 0 Å². The van der Waals surface area contributed by atoms with Crippen molar-refractivity contribution in [2.24, 2.45) is 0 Å². The van der Waals surface area contributed by atoms with E-state index in [2.05, 4.69) is 66.1 Å². The molecule has 1 amide bonds. The standard InChI is InChI=1S/C31H38FN3O/c1-5-33(6-2)31(36)28-17-15-27(16-18-28)30(26-12-8-7-9-13-26)35-21-23(3)34(20-24(35)4)22-25-11-10-14-29(32)19-25/h7-19,23-24,30H,5-6,20-22H2,1-4H3/t23-,24?,30?/m0/s1. The highest BCUT2D eigenvalue weighted by Gasteiger charge is 2.34. The van der Waals surface area contributed by atoms with Gasteiger partial charge in [-0.05, 0) is 68.7 Å². The van der Waals surface area contributed by atoms with Crippen LogP contribution in [0.5, 0.6) is 0 Å². The average Bonchev–Trinajstić information content (AvgIpc) is 2.89. The number of halogens is 1. The molecule has 0 N–H and O–H groups in total. The number of benzene rings is 3. The number of amides is 1. The average molecular weight is 488 g/mol. The van der Waals surface area contributed by atoms with Gasteiger partial charge in [0, 0.05) is 50.4 Å². The van der Waals surface area contributed by atoms with E-state index in [1.165, 1.54) is 17.2 Å². The first-order chi connectivity index (χ1) is 17.4. The second-order valence-electron chi connectivity index (χ2n) is 9.87. The van der Waals surface area contributed by atoms with Gasteiger partial charge in [-0.1, -0.05) is 54.6 Å². The van der Waals surface area contributed by atoms with Crippen LogP contribution in [-0.4, -0.2) is 58.9 Å². The summed E-state index contributed by atoms with van der Waals surface area (Å²) >= 11 is 0. The fourth-order valence-electron chi connectivity index (χ4n) is 5.39. The van der Waals surface area contributed by atoms with Gasteiger partial charge in [-0.15, -0.1) is 0 Å². The zero-order chi connectivity index (χ0) is 25.7. The largest absolute Gasteiger partial charge is 0.339 e. The Bertz CT molecular complexity index is 1130. The van der Waals surface area contributed by atoms with Gasteiger partial charge in [-0.3, -0.25) is 14.6 Å². The summed E-state index contributed by atoms with van der Waals surface area (Å²) in [7, 11) is 0. The molecule has 0 aromatic heterocycles. The van der Waals surface area contributed by atoms with Crippen molar-refractivity contribution in [3.63, 3.8) is 0 Å². The lowest BCUT2D eigenvalue weighted by molar-refractivity contribution is 0.0195. The van der Waals surface area contributed by atoms with E-state index in [9.17, 15) is 9.18 Å². The second-order valence-corrected chi connectivity index (χ2v) is 9.87. The topological polar surface area (TPSA) is 26.8 Å².